The molecule has 18 heavy (non-hydrogen) atoms. The monoisotopic (exact) mass is 241 g/mol. The van der Waals surface area contributed by atoms with Crippen LogP contribution in [0.3, 0.4) is 0 Å². The van der Waals surface area contributed by atoms with Gasteiger partial charge < -0.3 is 10.6 Å². The van der Waals surface area contributed by atoms with Gasteiger partial charge in [-0.3, -0.25) is 0 Å². The molecule has 1 aliphatic carbocycles. The van der Waals surface area contributed by atoms with Crippen molar-refractivity contribution in [2.75, 3.05) is 17.2 Å². The number of nitrogens with two attached hydrogens (primary N) is 1. The first-order chi connectivity index (χ1) is 8.81. The summed E-state index contributed by atoms with van der Waals surface area (Å²) in [4.78, 5) is 2.44. The Labute approximate surface area is 108 Å². The molecule has 2 N–H and O–H groups in total. The Morgan fingerprint density at radius 1 is 1.22 bits per heavy atom. The maximum absolute atomic E-state index is 9.07. The van der Waals surface area contributed by atoms with E-state index in [-0.39, 0.29) is 0 Å². The van der Waals surface area contributed by atoms with E-state index in [1.165, 1.54) is 32.1 Å². The van der Waals surface area contributed by atoms with Crippen molar-refractivity contribution < 1.29 is 0 Å². The molecular formula is C15H19N3. The highest BCUT2D eigenvalue weighted by atomic mass is 15.2. The molecule has 2 aliphatic rings. The molecule has 0 radical (unpaired) electrons. The molecule has 0 bridgehead atoms. The number of rotatable bonds is 1. The number of hydrogen-bond donors (Lipinski definition) is 1. The molecule has 94 valence electrons. The van der Waals surface area contributed by atoms with Gasteiger partial charge in [0.25, 0.3) is 0 Å². The molecule has 3 rings (SSSR count). The van der Waals surface area contributed by atoms with E-state index in [1.807, 2.05) is 6.07 Å². The molecule has 0 spiro atoms. The minimum Gasteiger partial charge on any atom is -0.396 e. The van der Waals surface area contributed by atoms with Crippen molar-refractivity contribution in [3.63, 3.8) is 0 Å². The van der Waals surface area contributed by atoms with E-state index >= 15 is 0 Å². The first kappa shape index (κ1) is 11.4. The number of hydrogen-bond acceptors (Lipinski definition) is 3. The van der Waals surface area contributed by atoms with Crippen LogP contribution in [0, 0.1) is 17.2 Å². The number of fused-ring (bicyclic) bond motifs is 1. The van der Waals surface area contributed by atoms with Gasteiger partial charge in [-0.2, -0.15) is 5.26 Å². The number of nitrogen functional groups attached to an aromatic ring is 1. The zero-order chi connectivity index (χ0) is 12.5. The molecule has 0 amide bonds. The molecule has 3 nitrogen and oxygen atoms in total. The Morgan fingerprint density at radius 2 is 2.06 bits per heavy atom. The van der Waals surface area contributed by atoms with Crippen LogP contribution >= 0.6 is 0 Å². The lowest BCUT2D eigenvalue weighted by Gasteiger charge is -2.33. The molecule has 1 saturated heterocycles. The van der Waals surface area contributed by atoms with Crippen LogP contribution in [0.15, 0.2) is 18.2 Å². The standard InChI is InChI=1S/C15H19N3/c16-10-12-5-3-7-14(15(12)17)18-9-8-11-4-1-2-6-13(11)18/h3,5,7,11,13H,1-2,4,6,8-9,17H2. The van der Waals surface area contributed by atoms with Crippen LogP contribution in [0.1, 0.15) is 37.7 Å². The topological polar surface area (TPSA) is 53.0 Å². The lowest BCUT2D eigenvalue weighted by Crippen LogP contribution is -2.35. The molecular weight excluding hydrogens is 222 g/mol. The predicted octanol–water partition coefficient (Wildman–Crippen LogP) is 2.91. The van der Waals surface area contributed by atoms with E-state index in [2.05, 4.69) is 17.0 Å². The summed E-state index contributed by atoms with van der Waals surface area (Å²) >= 11 is 0. The second-order valence-corrected chi connectivity index (χ2v) is 5.44. The fourth-order valence-corrected chi connectivity index (χ4v) is 3.61. The summed E-state index contributed by atoms with van der Waals surface area (Å²) in [5.41, 5.74) is 8.47. The number of benzene rings is 1. The van der Waals surface area contributed by atoms with E-state index in [0.717, 1.165) is 18.2 Å². The average molecular weight is 241 g/mol. The zero-order valence-electron chi connectivity index (χ0n) is 10.6. The van der Waals surface area contributed by atoms with Gasteiger partial charge in [0, 0.05) is 12.6 Å². The molecule has 2 unspecified atom stereocenters. The van der Waals surface area contributed by atoms with E-state index in [4.69, 9.17) is 11.0 Å². The molecule has 0 aromatic heterocycles. The largest absolute Gasteiger partial charge is 0.396 e. The third-order valence-corrected chi connectivity index (χ3v) is 4.52. The number of nitrogens with zero attached hydrogens (tertiary/aromatic N) is 2. The molecule has 1 aromatic carbocycles. The van der Waals surface area contributed by atoms with Gasteiger partial charge in [-0.25, -0.2) is 0 Å². The average Bonchev–Trinajstić information content (AvgIpc) is 2.83. The number of anilines is 2. The summed E-state index contributed by atoms with van der Waals surface area (Å²) < 4.78 is 0. The van der Waals surface area contributed by atoms with Crippen LogP contribution < -0.4 is 10.6 Å². The van der Waals surface area contributed by atoms with Gasteiger partial charge in [-0.05, 0) is 37.3 Å². The van der Waals surface area contributed by atoms with Crippen molar-refractivity contribution in [1.29, 1.82) is 5.26 Å². The zero-order valence-corrected chi connectivity index (χ0v) is 10.6. The van der Waals surface area contributed by atoms with Gasteiger partial charge in [0.15, 0.2) is 0 Å². The van der Waals surface area contributed by atoms with Crippen LogP contribution in [0.2, 0.25) is 0 Å². The maximum Gasteiger partial charge on any atom is 0.101 e. The lowest BCUT2D eigenvalue weighted by atomic mass is 9.85. The fourth-order valence-electron chi connectivity index (χ4n) is 3.61. The van der Waals surface area contributed by atoms with Gasteiger partial charge in [-0.1, -0.05) is 18.9 Å². The summed E-state index contributed by atoms with van der Waals surface area (Å²) in [7, 11) is 0. The highest BCUT2D eigenvalue weighted by molar-refractivity contribution is 5.74. The molecule has 2 fully saturated rings. The summed E-state index contributed by atoms with van der Waals surface area (Å²) in [6, 6.07) is 8.63. The minimum absolute atomic E-state index is 0.603. The SMILES string of the molecule is N#Cc1cccc(N2CCC3CCCCC32)c1N. The van der Waals surface area contributed by atoms with Crippen molar-refractivity contribution in [1.82, 2.24) is 0 Å². The van der Waals surface area contributed by atoms with E-state index < -0.39 is 0 Å². The van der Waals surface area contributed by atoms with Crippen LogP contribution in [0.4, 0.5) is 11.4 Å². The van der Waals surface area contributed by atoms with Crippen molar-refractivity contribution in [3.8, 4) is 6.07 Å². The summed E-state index contributed by atoms with van der Waals surface area (Å²) in [5, 5.41) is 9.07. The molecule has 1 heterocycles. The van der Waals surface area contributed by atoms with Crippen LogP contribution in [0.5, 0.6) is 0 Å². The van der Waals surface area contributed by atoms with Crippen molar-refractivity contribution in [3.05, 3.63) is 23.8 Å². The Kier molecular flexibility index (Phi) is 2.87. The van der Waals surface area contributed by atoms with Gasteiger partial charge in [-0.15, -0.1) is 0 Å². The Hall–Kier alpha value is -1.69. The number of para-hydroxylation sites is 1. The summed E-state index contributed by atoms with van der Waals surface area (Å²) in [6.45, 7) is 1.09. The summed E-state index contributed by atoms with van der Waals surface area (Å²) in [5.74, 6) is 0.837. The maximum atomic E-state index is 9.07. The number of nitriles is 1. The Bertz CT molecular complexity index is 489. The fraction of sp³-hybridized carbons (Fsp3) is 0.533. The van der Waals surface area contributed by atoms with Gasteiger partial charge in [0.05, 0.1) is 16.9 Å². The predicted molar refractivity (Wildman–Crippen MR) is 73.3 cm³/mol. The molecule has 2 atom stereocenters. The smallest absolute Gasteiger partial charge is 0.101 e. The van der Waals surface area contributed by atoms with Crippen LogP contribution in [-0.4, -0.2) is 12.6 Å². The second kappa shape index (κ2) is 4.53. The normalized spacial score (nSPS) is 26.7. The van der Waals surface area contributed by atoms with Crippen molar-refractivity contribution in [2.24, 2.45) is 5.92 Å². The molecule has 1 aromatic rings. The first-order valence-corrected chi connectivity index (χ1v) is 6.86. The molecule has 1 saturated carbocycles. The minimum atomic E-state index is 0.603. The molecule has 3 heteroatoms. The lowest BCUT2D eigenvalue weighted by molar-refractivity contribution is 0.342. The van der Waals surface area contributed by atoms with Gasteiger partial charge in [0.1, 0.15) is 6.07 Å². The first-order valence-electron chi connectivity index (χ1n) is 6.86. The van der Waals surface area contributed by atoms with E-state index in [0.29, 0.717) is 17.3 Å². The molecule has 1 aliphatic heterocycles. The Morgan fingerprint density at radius 3 is 2.89 bits per heavy atom. The Balaban J connectivity index is 1.94. The third-order valence-electron chi connectivity index (χ3n) is 4.52. The quantitative estimate of drug-likeness (QED) is 0.769. The van der Waals surface area contributed by atoms with Crippen LogP contribution in [0.25, 0.3) is 0 Å². The summed E-state index contributed by atoms with van der Waals surface area (Å²) in [6.07, 6.45) is 6.62. The highest BCUT2D eigenvalue weighted by Gasteiger charge is 2.36. The van der Waals surface area contributed by atoms with Crippen LogP contribution in [-0.2, 0) is 0 Å². The second-order valence-electron chi connectivity index (χ2n) is 5.44. The van der Waals surface area contributed by atoms with Crippen molar-refractivity contribution in [2.45, 2.75) is 38.1 Å². The van der Waals surface area contributed by atoms with Gasteiger partial charge in [0.2, 0.25) is 0 Å². The van der Waals surface area contributed by atoms with Gasteiger partial charge >= 0.3 is 0 Å². The van der Waals surface area contributed by atoms with Crippen molar-refractivity contribution >= 4 is 11.4 Å². The highest BCUT2D eigenvalue weighted by Crippen LogP contribution is 2.41. The third kappa shape index (κ3) is 1.73. The van der Waals surface area contributed by atoms with E-state index in [1.54, 1.807) is 6.07 Å². The van der Waals surface area contributed by atoms with E-state index in [9.17, 15) is 0 Å².